The molecule has 0 amide bonds. The van der Waals surface area contributed by atoms with Gasteiger partial charge in [0.2, 0.25) is 0 Å². The minimum atomic E-state index is -0.156. The number of aromatic nitrogens is 4. The Morgan fingerprint density at radius 3 is 1.37 bits per heavy atom. The van der Waals surface area contributed by atoms with Crippen LogP contribution in [0.2, 0.25) is 0 Å². The van der Waals surface area contributed by atoms with E-state index in [1.54, 1.807) is 0 Å². The van der Waals surface area contributed by atoms with Gasteiger partial charge < -0.3 is 8.83 Å². The first-order valence-corrected chi connectivity index (χ1v) is 17.3. The minimum absolute atomic E-state index is 0.156. The lowest BCUT2D eigenvalue weighted by molar-refractivity contribution is 0.669. The van der Waals surface area contributed by atoms with Crippen molar-refractivity contribution >= 4 is 89.0 Å². The van der Waals surface area contributed by atoms with Gasteiger partial charge in [-0.15, -0.1) is 0 Å². The zero-order chi connectivity index (χ0) is 32.9. The molecule has 13 rings (SSSR count). The summed E-state index contributed by atoms with van der Waals surface area (Å²) in [4.78, 5) is 10.8. The average Bonchev–Trinajstić information content (AvgIpc) is 3.95. The molecule has 234 valence electrons. The van der Waals surface area contributed by atoms with E-state index in [-0.39, 0.29) is 6.71 Å². The molecule has 0 fully saturated rings. The maximum atomic E-state index is 6.67. The molecule has 11 aromatic rings. The molecule has 0 N–H and O–H groups in total. The fourth-order valence-corrected chi connectivity index (χ4v) is 9.22. The van der Waals surface area contributed by atoms with Crippen LogP contribution < -0.4 is 16.4 Å². The average molecular weight is 651 g/mol. The summed E-state index contributed by atoms with van der Waals surface area (Å²) in [5.41, 5.74) is 15.5. The zero-order valence-electron chi connectivity index (χ0n) is 27.0. The second-order valence-electron chi connectivity index (χ2n) is 13.7. The van der Waals surface area contributed by atoms with Crippen LogP contribution in [0.4, 0.5) is 0 Å². The first kappa shape index (κ1) is 26.1. The van der Waals surface area contributed by atoms with E-state index in [1.807, 2.05) is 12.1 Å². The normalized spacial score (nSPS) is 13.1. The predicted molar refractivity (Wildman–Crippen MR) is 206 cm³/mol. The molecule has 0 spiro atoms. The maximum absolute atomic E-state index is 6.67. The first-order chi connectivity index (χ1) is 25.3. The van der Waals surface area contributed by atoms with Crippen LogP contribution in [0.5, 0.6) is 0 Å². The number of fused-ring (bicyclic) bond motifs is 12. The molecule has 0 saturated carbocycles. The van der Waals surface area contributed by atoms with Gasteiger partial charge in [-0.3, -0.25) is 9.13 Å². The van der Waals surface area contributed by atoms with Gasteiger partial charge in [0, 0.05) is 56.2 Å². The molecule has 0 radical (unpaired) electrons. The lowest BCUT2D eigenvalue weighted by Crippen LogP contribution is -2.59. The summed E-state index contributed by atoms with van der Waals surface area (Å²) < 4.78 is 18.1. The Labute approximate surface area is 289 Å². The second kappa shape index (κ2) is 9.03. The summed E-state index contributed by atoms with van der Waals surface area (Å²) in [5, 5.41) is 4.45. The Morgan fingerprint density at radius 2 is 0.882 bits per heavy atom. The van der Waals surface area contributed by atoms with Crippen LogP contribution in [0.15, 0.2) is 148 Å². The molecule has 0 saturated heterocycles. The Morgan fingerprint density at radius 1 is 0.431 bits per heavy atom. The van der Waals surface area contributed by atoms with E-state index in [2.05, 4.69) is 137 Å². The van der Waals surface area contributed by atoms with Crippen LogP contribution in [0.3, 0.4) is 0 Å². The summed E-state index contributed by atoms with van der Waals surface area (Å²) in [7, 11) is 0. The number of benzene rings is 7. The molecule has 6 nitrogen and oxygen atoms in total. The Bertz CT molecular complexity index is 3100. The summed E-state index contributed by atoms with van der Waals surface area (Å²) in [5.74, 6) is 1.82. The first-order valence-electron chi connectivity index (χ1n) is 17.3. The van der Waals surface area contributed by atoms with Crippen LogP contribution in [0.1, 0.15) is 0 Å². The fraction of sp³-hybridized carbons (Fsp3) is 0. The fourth-order valence-electron chi connectivity index (χ4n) is 9.22. The van der Waals surface area contributed by atoms with E-state index >= 15 is 0 Å². The molecule has 2 aliphatic heterocycles. The molecule has 7 aromatic carbocycles. The van der Waals surface area contributed by atoms with Crippen molar-refractivity contribution in [1.82, 2.24) is 19.1 Å². The van der Waals surface area contributed by atoms with E-state index in [1.165, 1.54) is 16.4 Å². The highest BCUT2D eigenvalue weighted by Crippen LogP contribution is 2.42. The maximum Gasteiger partial charge on any atom is 0.254 e. The number of hydrogen-bond acceptors (Lipinski definition) is 4. The van der Waals surface area contributed by atoms with Gasteiger partial charge in [0.15, 0.2) is 0 Å². The van der Waals surface area contributed by atoms with Crippen LogP contribution in [0.25, 0.3) is 100 Å². The predicted octanol–water partition coefficient (Wildman–Crippen LogP) is 8.64. The Balaban J connectivity index is 1.32. The van der Waals surface area contributed by atoms with Gasteiger partial charge in [0.1, 0.15) is 34.0 Å². The lowest BCUT2D eigenvalue weighted by Gasteiger charge is -2.34. The van der Waals surface area contributed by atoms with Gasteiger partial charge in [0.05, 0.1) is 22.1 Å². The number of hydrogen-bond donors (Lipinski definition) is 0. The third-order valence-corrected chi connectivity index (χ3v) is 11.1. The van der Waals surface area contributed by atoms with Gasteiger partial charge in [-0.05, 0) is 40.7 Å². The van der Waals surface area contributed by atoms with E-state index in [9.17, 15) is 0 Å². The van der Waals surface area contributed by atoms with Crippen molar-refractivity contribution < 1.29 is 8.83 Å². The lowest BCUT2D eigenvalue weighted by atomic mass is 9.33. The number of rotatable bonds is 2. The number of para-hydroxylation sites is 2. The van der Waals surface area contributed by atoms with Crippen molar-refractivity contribution in [2.45, 2.75) is 0 Å². The van der Waals surface area contributed by atoms with Crippen molar-refractivity contribution in [3.05, 3.63) is 140 Å². The van der Waals surface area contributed by atoms with E-state index in [0.717, 1.165) is 100 Å². The molecule has 6 heterocycles. The van der Waals surface area contributed by atoms with Crippen LogP contribution >= 0.6 is 0 Å². The second-order valence-corrected chi connectivity index (χ2v) is 13.7. The largest absolute Gasteiger partial charge is 0.456 e. The van der Waals surface area contributed by atoms with Crippen LogP contribution in [-0.4, -0.2) is 25.8 Å². The molecule has 4 aromatic heterocycles. The molecule has 7 heteroatoms. The van der Waals surface area contributed by atoms with Gasteiger partial charge in [0.25, 0.3) is 6.71 Å². The highest BCUT2D eigenvalue weighted by Gasteiger charge is 2.44. The molecule has 0 aliphatic carbocycles. The molecule has 0 bridgehead atoms. The third-order valence-electron chi connectivity index (χ3n) is 11.1. The summed E-state index contributed by atoms with van der Waals surface area (Å²) >= 11 is 0. The van der Waals surface area contributed by atoms with Crippen molar-refractivity contribution in [3.63, 3.8) is 0 Å². The van der Waals surface area contributed by atoms with E-state index < -0.39 is 0 Å². The van der Waals surface area contributed by atoms with Crippen LogP contribution in [-0.2, 0) is 0 Å². The SMILES string of the molecule is c1ccc(-c2nc3cc4oc5ccccc5c4c4c3n2-c2cccc3c2B4c2c4c(cc5nc(-c6ccccc6)n-3c25)oc2ccccc24)cc1. The number of furan rings is 2. The minimum Gasteiger partial charge on any atom is -0.456 e. The Kier molecular flexibility index (Phi) is 4.61. The monoisotopic (exact) mass is 650 g/mol. The molecule has 0 unspecified atom stereocenters. The summed E-state index contributed by atoms with van der Waals surface area (Å²) in [6.45, 7) is -0.156. The van der Waals surface area contributed by atoms with E-state index in [0.29, 0.717) is 0 Å². The molecule has 51 heavy (non-hydrogen) atoms. The summed E-state index contributed by atoms with van der Waals surface area (Å²) in [6.07, 6.45) is 0. The highest BCUT2D eigenvalue weighted by atomic mass is 16.3. The number of nitrogens with zero attached hydrogens (tertiary/aromatic N) is 4. The van der Waals surface area contributed by atoms with Crippen LogP contribution in [0, 0.1) is 0 Å². The van der Waals surface area contributed by atoms with Gasteiger partial charge in [-0.2, -0.15) is 0 Å². The van der Waals surface area contributed by atoms with Crippen molar-refractivity contribution in [1.29, 1.82) is 0 Å². The molecular formula is C44H23BN4O2. The van der Waals surface area contributed by atoms with Crippen molar-refractivity contribution in [2.24, 2.45) is 0 Å². The molecule has 2 aliphatic rings. The Hall–Kier alpha value is -6.86. The summed E-state index contributed by atoms with van der Waals surface area (Å²) in [6, 6.07) is 48.8. The van der Waals surface area contributed by atoms with E-state index in [4.69, 9.17) is 18.8 Å². The van der Waals surface area contributed by atoms with Crippen molar-refractivity contribution in [2.75, 3.05) is 0 Å². The zero-order valence-corrected chi connectivity index (χ0v) is 27.0. The molecular weight excluding hydrogens is 627 g/mol. The smallest absolute Gasteiger partial charge is 0.254 e. The number of imidazole rings is 2. The van der Waals surface area contributed by atoms with Crippen molar-refractivity contribution in [3.8, 4) is 34.2 Å². The third kappa shape index (κ3) is 3.11. The van der Waals surface area contributed by atoms with Gasteiger partial charge in [-0.25, -0.2) is 9.97 Å². The standard InChI is InChI=1S/C44H23BN4O2/c1-3-12-24(13-4-1)43-46-28-22-34-36(26-16-7-9-20-32(26)50-34)39-41(28)48(43)30-18-11-19-31-38(30)45(39)40-37-27-17-8-10-21-33(27)51-35(37)23-29-42(40)49(31)44(47-29)25-14-5-2-6-15-25/h1-23H. The van der Waals surface area contributed by atoms with Gasteiger partial charge >= 0.3 is 0 Å². The highest BCUT2D eigenvalue weighted by molar-refractivity contribution is 7.03. The van der Waals surface area contributed by atoms with Gasteiger partial charge in [-0.1, -0.05) is 103 Å². The molecule has 0 atom stereocenters. The quantitative estimate of drug-likeness (QED) is 0.176. The topological polar surface area (TPSA) is 61.9 Å².